The third-order valence-electron chi connectivity index (χ3n) is 9.87. The Hall–Kier alpha value is -3.34. The topological polar surface area (TPSA) is 221 Å². The summed E-state index contributed by atoms with van der Waals surface area (Å²) >= 11 is 0. The number of methoxy groups -OCH3 is 1. The summed E-state index contributed by atoms with van der Waals surface area (Å²) in [6.07, 6.45) is 19.4. The van der Waals surface area contributed by atoms with E-state index < -0.39 is 44.6 Å². The molecule has 0 bridgehead atoms. The predicted octanol–water partition coefficient (Wildman–Crippen LogP) is 9.54. The third-order valence-corrected chi connectivity index (χ3v) is 10.6. The lowest BCUT2D eigenvalue weighted by atomic mass is 9.96. The van der Waals surface area contributed by atoms with E-state index in [1.165, 1.54) is 117 Å². The highest BCUT2D eigenvalue weighted by atomic mass is 31.2. The lowest BCUT2D eigenvalue weighted by Crippen LogP contribution is -2.39. The molecule has 0 aliphatic carbocycles. The zero-order valence-electron chi connectivity index (χ0n) is 36.3. The Morgan fingerprint density at radius 3 is 2.12 bits per heavy atom. The van der Waals surface area contributed by atoms with Crippen molar-refractivity contribution >= 4 is 20.8 Å². The van der Waals surface area contributed by atoms with Gasteiger partial charge in [-0.2, -0.15) is 10.5 Å². The van der Waals surface area contributed by atoms with Gasteiger partial charge in [0.05, 0.1) is 43.8 Å². The van der Waals surface area contributed by atoms with Gasteiger partial charge in [-0.15, -0.1) is 0 Å². The number of unbranched alkanes of at least 4 members (excludes halogenated alkanes) is 15. The highest BCUT2D eigenvalue weighted by Gasteiger charge is 2.38. The van der Waals surface area contributed by atoms with Crippen molar-refractivity contribution in [3.05, 3.63) is 58.7 Å². The van der Waals surface area contributed by atoms with Crippen LogP contribution in [0.15, 0.2) is 35.3 Å². The fraction of sp³-hybridized carbons (Fsp3) is 0.682. The number of aromatic amines is 1. The molecule has 1 aromatic heterocycles. The molecule has 0 fully saturated rings. The summed E-state index contributed by atoms with van der Waals surface area (Å²) < 4.78 is 48.8. The maximum absolute atomic E-state index is 14.1. The summed E-state index contributed by atoms with van der Waals surface area (Å²) in [4.78, 5) is 17.6. The normalized spacial score (nSPS) is 14.6. The second-order valence-electron chi connectivity index (χ2n) is 15.6. The zero-order chi connectivity index (χ0) is 44.1. The van der Waals surface area contributed by atoms with E-state index in [1.54, 1.807) is 12.1 Å². The van der Waals surface area contributed by atoms with Crippen molar-refractivity contribution < 1.29 is 42.4 Å². The molecule has 0 aliphatic heterocycles. The molecule has 0 amide bonds. The summed E-state index contributed by atoms with van der Waals surface area (Å²) in [7, 11) is -1.23. The smallest absolute Gasteiger partial charge is 0.330 e. The van der Waals surface area contributed by atoms with Crippen LogP contribution in [0.4, 0.5) is 4.39 Å². The number of halogens is 1. The van der Waals surface area contributed by atoms with E-state index in [9.17, 15) is 24.9 Å². The number of amidine groups is 1. The molecular formula is C44H70FN6O8P. The molecule has 6 N–H and O–H groups in total. The van der Waals surface area contributed by atoms with Gasteiger partial charge < -0.3 is 48.7 Å². The average Bonchev–Trinajstić information content (AvgIpc) is 3.73. The van der Waals surface area contributed by atoms with E-state index in [1.807, 2.05) is 6.07 Å². The summed E-state index contributed by atoms with van der Waals surface area (Å²) in [6.45, 7) is 5.16. The second-order valence-corrected chi connectivity index (χ2v) is 16.6. The molecule has 0 radical (unpaired) electrons. The summed E-state index contributed by atoms with van der Waals surface area (Å²) in [5.74, 6) is -2.12. The average molecular weight is 861 g/mol. The van der Waals surface area contributed by atoms with Crippen LogP contribution in [0.1, 0.15) is 159 Å². The maximum atomic E-state index is 14.1. The first-order valence-electron chi connectivity index (χ1n) is 21.4. The van der Waals surface area contributed by atoms with Gasteiger partial charge in [0.15, 0.2) is 11.4 Å². The number of aliphatic hydroxyl groups is 1. The first-order chi connectivity index (χ1) is 28.9. The summed E-state index contributed by atoms with van der Waals surface area (Å²) in [6, 6.07) is 11.3. The van der Waals surface area contributed by atoms with Crippen molar-refractivity contribution in [2.75, 3.05) is 33.5 Å². The molecule has 1 heterocycles. The van der Waals surface area contributed by atoms with Crippen LogP contribution in [0.3, 0.4) is 0 Å². The molecule has 2 aromatic rings. The molecular weight excluding hydrogens is 790 g/mol. The number of benzene rings is 1. The van der Waals surface area contributed by atoms with Crippen molar-refractivity contribution in [3.8, 4) is 12.1 Å². The van der Waals surface area contributed by atoms with Gasteiger partial charge in [-0.1, -0.05) is 103 Å². The Bertz CT molecular complexity index is 1600. The van der Waals surface area contributed by atoms with E-state index >= 15 is 0 Å². The van der Waals surface area contributed by atoms with Gasteiger partial charge in [-0.05, 0) is 56.2 Å². The lowest BCUT2D eigenvalue weighted by molar-refractivity contribution is -0.218. The minimum absolute atomic E-state index is 0.0315. The number of aliphatic imine (C=N–C) groups is 1. The van der Waals surface area contributed by atoms with Crippen LogP contribution in [-0.4, -0.2) is 78.2 Å². The maximum Gasteiger partial charge on any atom is 0.330 e. The lowest BCUT2D eigenvalue weighted by Gasteiger charge is -2.32. The van der Waals surface area contributed by atoms with Gasteiger partial charge in [-0.3, -0.25) is 5.41 Å². The molecule has 1 aromatic carbocycles. The molecule has 0 spiro atoms. The molecule has 0 aliphatic rings. The first-order valence-corrected chi connectivity index (χ1v) is 22.5. The van der Waals surface area contributed by atoms with Crippen LogP contribution in [0.2, 0.25) is 0 Å². The van der Waals surface area contributed by atoms with Gasteiger partial charge in [0.1, 0.15) is 36.3 Å². The molecule has 2 rings (SSSR count). The molecule has 4 unspecified atom stereocenters. The molecule has 14 nitrogen and oxygen atoms in total. The van der Waals surface area contributed by atoms with Crippen LogP contribution in [-0.2, 0) is 34.6 Å². The first kappa shape index (κ1) is 52.8. The Morgan fingerprint density at radius 2 is 1.57 bits per heavy atom. The van der Waals surface area contributed by atoms with Gasteiger partial charge >= 0.3 is 8.60 Å². The number of nitrogens with zero attached hydrogens (tertiary/aromatic N) is 3. The molecule has 4 atom stereocenters. The van der Waals surface area contributed by atoms with E-state index in [-0.39, 0.29) is 37.6 Å². The number of nitrogens with two attached hydrogens (primary N) is 1. The number of hydrogen-bond acceptors (Lipinski definition) is 11. The summed E-state index contributed by atoms with van der Waals surface area (Å²) in [5, 5.41) is 37.2. The van der Waals surface area contributed by atoms with E-state index in [0.717, 1.165) is 31.7 Å². The van der Waals surface area contributed by atoms with Gasteiger partial charge in [0.2, 0.25) is 0 Å². The number of hydrogen-bond donors (Lipinski definition) is 5. The number of ether oxygens (including phenoxy) is 4. The van der Waals surface area contributed by atoms with Crippen LogP contribution >= 0.6 is 8.60 Å². The number of nitriles is 2. The van der Waals surface area contributed by atoms with Crippen molar-refractivity contribution in [2.24, 2.45) is 10.7 Å². The highest BCUT2D eigenvalue weighted by Crippen LogP contribution is 2.38. The second kappa shape index (κ2) is 30.6. The summed E-state index contributed by atoms with van der Waals surface area (Å²) in [5.41, 5.74) is 5.71. The van der Waals surface area contributed by atoms with Crippen LogP contribution < -0.4 is 5.73 Å². The van der Waals surface area contributed by atoms with Crippen molar-refractivity contribution in [1.82, 2.24) is 4.98 Å². The van der Waals surface area contributed by atoms with Crippen LogP contribution in [0.5, 0.6) is 0 Å². The fourth-order valence-corrected chi connectivity index (χ4v) is 7.23. The predicted molar refractivity (Wildman–Crippen MR) is 231 cm³/mol. The Labute approximate surface area is 358 Å². The van der Waals surface area contributed by atoms with Crippen molar-refractivity contribution in [3.63, 3.8) is 0 Å². The minimum atomic E-state index is -2.54. The largest absolute Gasteiger partial charge is 0.382 e. The monoisotopic (exact) mass is 860 g/mol. The number of rotatable bonds is 36. The quantitative estimate of drug-likeness (QED) is 0.0143. The number of nitrogens with one attached hydrogen (secondary N) is 2. The molecule has 0 saturated heterocycles. The van der Waals surface area contributed by atoms with E-state index in [0.29, 0.717) is 23.6 Å². The highest BCUT2D eigenvalue weighted by molar-refractivity contribution is 7.40. The van der Waals surface area contributed by atoms with Gasteiger partial charge in [0.25, 0.3) is 0 Å². The molecule has 336 valence electrons. The Kier molecular flexibility index (Phi) is 27.0. The zero-order valence-corrected chi connectivity index (χ0v) is 37.2. The number of aromatic nitrogens is 1. The fourth-order valence-electron chi connectivity index (χ4n) is 6.54. The van der Waals surface area contributed by atoms with E-state index in [4.69, 9.17) is 39.1 Å². The van der Waals surface area contributed by atoms with E-state index in [2.05, 4.69) is 23.0 Å². The Balaban J connectivity index is 1.88. The van der Waals surface area contributed by atoms with Crippen molar-refractivity contribution in [1.29, 1.82) is 15.9 Å². The SMILES string of the molecule is CCCCCCCCCCCCCCCCCCOCC(COP(O)OCC(C#N)(CC(OC(C)(C)O)c1ccc(C(N)=NC=N)[nH]1)OC)OCc1cc(F)cc(C#N)c1. The van der Waals surface area contributed by atoms with Crippen LogP contribution in [0, 0.1) is 33.9 Å². The van der Waals surface area contributed by atoms with Gasteiger partial charge in [-0.25, -0.2) is 9.38 Å². The Morgan fingerprint density at radius 1 is 0.950 bits per heavy atom. The molecule has 16 heteroatoms. The van der Waals surface area contributed by atoms with Crippen LogP contribution in [0.25, 0.3) is 0 Å². The molecule has 60 heavy (non-hydrogen) atoms. The van der Waals surface area contributed by atoms with Gasteiger partial charge in [0, 0.05) is 25.8 Å². The minimum Gasteiger partial charge on any atom is -0.382 e. The third kappa shape index (κ3) is 23.0. The van der Waals surface area contributed by atoms with Crippen molar-refractivity contribution in [2.45, 2.75) is 160 Å². The molecule has 0 saturated carbocycles. The number of H-pyrrole nitrogens is 1. The standard InChI is InChI=1S/C44H70FN6O8P/c1-5-6-7-8-9-10-11-12-13-14-15-16-17-18-19-20-23-55-30-38(56-29-36-24-35(28-46)25-37(45)26-36)31-57-60(53)58-33-44(32-47,54-4)27-41(59-43(2,3)52)39-21-22-40(51-39)42(49)50-34-48/h21-22,24-26,34,38,41,51-53H,5-20,23,27,29-31,33H2,1-4H3,(H3,48,49,50).